The Morgan fingerprint density at radius 1 is 1.05 bits per heavy atom. The lowest BCUT2D eigenvalue weighted by Gasteiger charge is -2.26. The van der Waals surface area contributed by atoms with Crippen LogP contribution in [0.15, 0.2) is 60.9 Å². The van der Waals surface area contributed by atoms with Crippen molar-refractivity contribution in [3.05, 3.63) is 83.7 Å². The summed E-state index contributed by atoms with van der Waals surface area (Å²) in [6.45, 7) is 2.49. The minimum Gasteiger partial charge on any atom is -0.410 e. The average Bonchev–Trinajstić information content (AvgIpc) is 3.59. The van der Waals surface area contributed by atoms with Crippen LogP contribution in [0.5, 0.6) is 5.75 Å². The second kappa shape index (κ2) is 11.1. The van der Waals surface area contributed by atoms with Gasteiger partial charge in [0.05, 0.1) is 18.8 Å². The number of hydrogen-bond acceptors (Lipinski definition) is 7. The highest BCUT2D eigenvalue weighted by Crippen LogP contribution is 2.38. The number of hydrogen-bond donors (Lipinski definition) is 2. The topological polar surface area (TPSA) is 104 Å². The fourth-order valence-electron chi connectivity index (χ4n) is 5.10. The molecule has 0 radical (unpaired) electrons. The van der Waals surface area contributed by atoms with E-state index in [1.807, 2.05) is 0 Å². The van der Waals surface area contributed by atoms with Gasteiger partial charge in [-0.05, 0) is 48.5 Å². The highest BCUT2D eigenvalue weighted by Gasteiger charge is 2.36. The summed E-state index contributed by atoms with van der Waals surface area (Å²) in [6, 6.07) is 10.3. The predicted molar refractivity (Wildman–Crippen MR) is 144 cm³/mol. The molecule has 2 fully saturated rings. The summed E-state index contributed by atoms with van der Waals surface area (Å²) in [5.41, 5.74) is 0.863. The number of nitrogens with one attached hydrogen (secondary N) is 2. The summed E-state index contributed by atoms with van der Waals surface area (Å²) in [5, 5.41) is 10.1. The van der Waals surface area contributed by atoms with E-state index in [9.17, 15) is 22.8 Å². The number of halogens is 3. The molecule has 2 aliphatic rings. The zero-order valence-electron chi connectivity index (χ0n) is 21.8. The Morgan fingerprint density at radius 3 is 2.61 bits per heavy atom. The molecule has 0 saturated carbocycles. The van der Waals surface area contributed by atoms with E-state index < -0.39 is 35.8 Å². The molecule has 13 heteroatoms. The zero-order chi connectivity index (χ0) is 28.5. The number of nitrogens with zero attached hydrogens (tertiary/aromatic N) is 5. The monoisotopic (exact) mass is 565 g/mol. The van der Waals surface area contributed by atoms with Crippen molar-refractivity contribution < 1.29 is 27.5 Å². The summed E-state index contributed by atoms with van der Waals surface area (Å²) in [5.74, 6) is -1.10. The van der Waals surface area contributed by atoms with Gasteiger partial charge < -0.3 is 25.2 Å². The Morgan fingerprint density at radius 2 is 1.83 bits per heavy atom. The molecule has 6 rings (SSSR count). The first-order valence-corrected chi connectivity index (χ1v) is 13.1. The van der Waals surface area contributed by atoms with Crippen molar-refractivity contribution in [3.8, 4) is 5.75 Å². The number of alkyl halides is 1. The van der Waals surface area contributed by atoms with E-state index in [1.165, 1.54) is 10.7 Å². The van der Waals surface area contributed by atoms with Crippen LogP contribution in [0, 0.1) is 11.6 Å². The van der Waals surface area contributed by atoms with Crippen molar-refractivity contribution in [2.75, 3.05) is 42.9 Å². The maximum atomic E-state index is 14.6. The largest absolute Gasteiger partial charge is 0.415 e. The van der Waals surface area contributed by atoms with Crippen LogP contribution in [-0.4, -0.2) is 70.4 Å². The first-order chi connectivity index (χ1) is 19.9. The normalized spacial score (nSPS) is 19.0. The quantitative estimate of drug-likeness (QED) is 0.378. The van der Waals surface area contributed by atoms with Crippen molar-refractivity contribution in [3.63, 3.8) is 0 Å². The molecular formula is C28H26F3N7O3. The van der Waals surface area contributed by atoms with E-state index in [0.717, 1.165) is 18.2 Å². The molecule has 10 nitrogen and oxygen atoms in total. The lowest BCUT2D eigenvalue weighted by atomic mass is 10.0. The number of amides is 2. The molecule has 0 aliphatic carbocycles. The van der Waals surface area contributed by atoms with Crippen molar-refractivity contribution in [2.45, 2.75) is 18.6 Å². The third-order valence-electron chi connectivity index (χ3n) is 7.15. The van der Waals surface area contributed by atoms with Gasteiger partial charge in [-0.1, -0.05) is 0 Å². The lowest BCUT2D eigenvalue weighted by Crippen LogP contribution is -2.47. The summed E-state index contributed by atoms with van der Waals surface area (Å²) in [6.07, 6.45) is 1.20. The molecule has 2 N–H and O–H groups in total. The third-order valence-corrected chi connectivity index (χ3v) is 7.15. The van der Waals surface area contributed by atoms with Gasteiger partial charge in [0.1, 0.15) is 34.9 Å². The van der Waals surface area contributed by atoms with Crippen LogP contribution in [-0.2, 0) is 0 Å². The van der Waals surface area contributed by atoms with Gasteiger partial charge in [0.2, 0.25) is 0 Å². The van der Waals surface area contributed by atoms with E-state index in [1.54, 1.807) is 46.3 Å². The Labute approximate surface area is 232 Å². The molecule has 212 valence electrons. The molecule has 0 bridgehead atoms. The molecule has 2 aliphatic heterocycles. The van der Waals surface area contributed by atoms with Gasteiger partial charge in [-0.25, -0.2) is 27.5 Å². The fraction of sp³-hybridized carbons (Fsp3) is 0.286. The number of anilines is 2. The maximum absolute atomic E-state index is 14.6. The zero-order valence-corrected chi connectivity index (χ0v) is 21.8. The van der Waals surface area contributed by atoms with E-state index >= 15 is 0 Å². The molecule has 41 heavy (non-hydrogen) atoms. The number of ether oxygens (including phenoxy) is 1. The number of aromatic nitrogens is 3. The Balaban J connectivity index is 1.19. The van der Waals surface area contributed by atoms with Gasteiger partial charge >= 0.3 is 6.09 Å². The Kier molecular flexibility index (Phi) is 7.18. The van der Waals surface area contributed by atoms with Crippen LogP contribution in [0.4, 0.5) is 29.5 Å². The molecule has 2 aromatic heterocycles. The number of carbonyl (C=O) groups is 2. The van der Waals surface area contributed by atoms with Crippen LogP contribution >= 0.6 is 0 Å². The maximum Gasteiger partial charge on any atom is 0.415 e. The van der Waals surface area contributed by atoms with Crippen molar-refractivity contribution in [1.29, 1.82) is 0 Å². The SMILES string of the molecule is O=C(Nc1ccc(OC(=O)N2CCNCC2)cc1)c1cnn2ccc(N3C[C@@H](F)C[C@@H]3c3cc(F)ccc3F)nc12. The van der Waals surface area contributed by atoms with E-state index in [-0.39, 0.29) is 29.7 Å². The van der Waals surface area contributed by atoms with E-state index in [4.69, 9.17) is 4.74 Å². The first-order valence-electron chi connectivity index (χ1n) is 13.1. The second-order valence-electron chi connectivity index (χ2n) is 9.86. The van der Waals surface area contributed by atoms with Crippen molar-refractivity contribution >= 4 is 29.2 Å². The van der Waals surface area contributed by atoms with Crippen LogP contribution in [0.2, 0.25) is 0 Å². The van der Waals surface area contributed by atoms with Crippen LogP contribution in [0.1, 0.15) is 28.4 Å². The number of benzene rings is 2. The van der Waals surface area contributed by atoms with Gasteiger partial charge in [-0.15, -0.1) is 0 Å². The molecule has 4 aromatic rings. The molecule has 2 saturated heterocycles. The van der Waals surface area contributed by atoms with Crippen molar-refractivity contribution in [2.24, 2.45) is 0 Å². The smallest absolute Gasteiger partial charge is 0.410 e. The fourth-order valence-corrected chi connectivity index (χ4v) is 5.10. The summed E-state index contributed by atoms with van der Waals surface area (Å²) < 4.78 is 49.8. The summed E-state index contributed by atoms with van der Waals surface area (Å²) >= 11 is 0. The Bertz CT molecular complexity index is 1590. The molecule has 4 heterocycles. The highest BCUT2D eigenvalue weighted by atomic mass is 19.1. The summed E-state index contributed by atoms with van der Waals surface area (Å²) in [4.78, 5) is 33.2. The minimum absolute atomic E-state index is 0.0274. The minimum atomic E-state index is -1.27. The van der Waals surface area contributed by atoms with Gasteiger partial charge in [0.25, 0.3) is 5.91 Å². The molecule has 0 spiro atoms. The van der Waals surface area contributed by atoms with Crippen LogP contribution in [0.3, 0.4) is 0 Å². The van der Waals surface area contributed by atoms with Gasteiger partial charge in [0.15, 0.2) is 5.65 Å². The summed E-state index contributed by atoms with van der Waals surface area (Å²) in [7, 11) is 0. The lowest BCUT2D eigenvalue weighted by molar-refractivity contribution is 0.102. The number of carbonyl (C=O) groups excluding carboxylic acids is 2. The van der Waals surface area contributed by atoms with Gasteiger partial charge in [-0.2, -0.15) is 5.10 Å². The third kappa shape index (κ3) is 5.53. The average molecular weight is 566 g/mol. The van der Waals surface area contributed by atoms with Crippen LogP contribution in [0.25, 0.3) is 5.65 Å². The number of piperazine rings is 1. The second-order valence-corrected chi connectivity index (χ2v) is 9.86. The first kappa shape index (κ1) is 26.6. The number of rotatable bonds is 5. The van der Waals surface area contributed by atoms with E-state index in [2.05, 4.69) is 20.7 Å². The van der Waals surface area contributed by atoms with Crippen LogP contribution < -0.4 is 20.3 Å². The van der Waals surface area contributed by atoms with Crippen molar-refractivity contribution in [1.82, 2.24) is 24.8 Å². The predicted octanol–water partition coefficient (Wildman–Crippen LogP) is 3.95. The molecule has 2 atom stereocenters. The molecule has 2 amide bonds. The molecule has 2 aromatic carbocycles. The van der Waals surface area contributed by atoms with Gasteiger partial charge in [0, 0.05) is 50.0 Å². The number of fused-ring (bicyclic) bond motifs is 1. The molecule has 0 unspecified atom stereocenters. The standard InChI is InChI=1S/C28H26F3N7O3/c29-17-1-6-23(31)21(13-17)24-14-18(30)16-37(24)25-7-10-38-26(35-25)22(15-33-38)27(39)34-19-2-4-20(5-3-19)41-28(40)36-11-8-32-9-12-36/h1-7,10,13,15,18,24,32H,8-9,11-12,14,16H2,(H,34,39)/t18-,24+/m0/s1. The highest BCUT2D eigenvalue weighted by molar-refractivity contribution is 6.08. The molecular weight excluding hydrogens is 539 g/mol. The Hall–Kier alpha value is -4.65. The van der Waals surface area contributed by atoms with Gasteiger partial charge in [-0.3, -0.25) is 4.79 Å². The van der Waals surface area contributed by atoms with E-state index in [0.29, 0.717) is 43.4 Å².